The molecule has 3 nitrogen and oxygen atoms in total. The van der Waals surface area contributed by atoms with Gasteiger partial charge in [-0.25, -0.2) is 0 Å². The molecule has 0 amide bonds. The molecule has 1 aliphatic rings. The number of Topliss-reactive ketones (excluding diaryl/α,β-unsaturated/α-hetero) is 1. The molecule has 0 bridgehead atoms. The molecule has 1 saturated carbocycles. The van der Waals surface area contributed by atoms with Crippen molar-refractivity contribution in [1.82, 2.24) is 0 Å². The Morgan fingerprint density at radius 3 is 2.69 bits per heavy atom. The van der Waals surface area contributed by atoms with Crippen LogP contribution in [0.5, 0.6) is 11.5 Å². The van der Waals surface area contributed by atoms with Crippen LogP contribution >= 0.6 is 0 Å². The van der Waals surface area contributed by atoms with Crippen molar-refractivity contribution in [1.29, 1.82) is 0 Å². The van der Waals surface area contributed by atoms with Crippen LogP contribution in [0.25, 0.3) is 0 Å². The molecule has 1 aromatic rings. The van der Waals surface area contributed by atoms with Gasteiger partial charge in [0.1, 0.15) is 0 Å². The number of methoxy groups -OCH3 is 1. The molecule has 2 rings (SSSR count). The van der Waals surface area contributed by atoms with Crippen LogP contribution in [0, 0.1) is 5.92 Å². The van der Waals surface area contributed by atoms with E-state index in [1.807, 2.05) is 0 Å². The Balaban J connectivity index is 2.16. The third-order valence-corrected chi connectivity index (χ3v) is 2.74. The molecule has 1 aliphatic carbocycles. The summed E-state index contributed by atoms with van der Waals surface area (Å²) in [6.07, 6.45) is 2.49. The largest absolute Gasteiger partial charge is 0.493 e. The lowest BCUT2D eigenvalue weighted by molar-refractivity contribution is 0.101. The second-order valence-corrected chi connectivity index (χ2v) is 4.18. The number of benzene rings is 1. The smallest absolute Gasteiger partial charge is 0.161 e. The van der Waals surface area contributed by atoms with Crippen LogP contribution in [0.1, 0.15) is 30.1 Å². The fraction of sp³-hybridized carbons (Fsp3) is 0.462. The van der Waals surface area contributed by atoms with Gasteiger partial charge in [0.2, 0.25) is 0 Å². The molecule has 0 spiro atoms. The molecular weight excluding hydrogens is 204 g/mol. The van der Waals surface area contributed by atoms with E-state index in [0.717, 1.165) is 6.61 Å². The Bertz CT molecular complexity index is 394. The van der Waals surface area contributed by atoms with Crippen molar-refractivity contribution in [3.05, 3.63) is 23.8 Å². The summed E-state index contributed by atoms with van der Waals surface area (Å²) in [6, 6.07) is 5.29. The first-order valence-corrected chi connectivity index (χ1v) is 5.52. The highest BCUT2D eigenvalue weighted by molar-refractivity contribution is 5.94. The summed E-state index contributed by atoms with van der Waals surface area (Å²) in [5.41, 5.74) is 0.659. The highest BCUT2D eigenvalue weighted by atomic mass is 16.5. The van der Waals surface area contributed by atoms with Crippen molar-refractivity contribution in [2.75, 3.05) is 13.7 Å². The van der Waals surface area contributed by atoms with E-state index < -0.39 is 0 Å². The van der Waals surface area contributed by atoms with Crippen molar-refractivity contribution < 1.29 is 14.3 Å². The highest BCUT2D eigenvalue weighted by Crippen LogP contribution is 2.33. The summed E-state index contributed by atoms with van der Waals surface area (Å²) in [6.45, 7) is 2.27. The maximum Gasteiger partial charge on any atom is 0.161 e. The van der Waals surface area contributed by atoms with E-state index >= 15 is 0 Å². The van der Waals surface area contributed by atoms with Gasteiger partial charge in [0.05, 0.1) is 13.7 Å². The topological polar surface area (TPSA) is 35.5 Å². The quantitative estimate of drug-likeness (QED) is 0.716. The number of carbonyl (C=O) groups is 1. The second kappa shape index (κ2) is 4.56. The number of rotatable bonds is 5. The van der Waals surface area contributed by atoms with Crippen LogP contribution in [0.3, 0.4) is 0 Å². The second-order valence-electron chi connectivity index (χ2n) is 4.18. The fourth-order valence-corrected chi connectivity index (χ4v) is 1.50. The Kier molecular flexibility index (Phi) is 3.13. The van der Waals surface area contributed by atoms with E-state index in [2.05, 4.69) is 0 Å². The monoisotopic (exact) mass is 220 g/mol. The SMILES string of the molecule is COc1ccc(C(C)=O)cc1OCC1CC1. The molecule has 3 heteroatoms. The first kappa shape index (κ1) is 11.0. The number of ketones is 1. The molecule has 0 unspecified atom stereocenters. The third-order valence-electron chi connectivity index (χ3n) is 2.74. The van der Waals surface area contributed by atoms with Gasteiger partial charge in [-0.05, 0) is 43.9 Å². The number of hydrogen-bond donors (Lipinski definition) is 0. The summed E-state index contributed by atoms with van der Waals surface area (Å²) in [5, 5.41) is 0. The van der Waals surface area contributed by atoms with Gasteiger partial charge in [-0.3, -0.25) is 4.79 Å². The first-order valence-electron chi connectivity index (χ1n) is 5.52. The minimum atomic E-state index is 0.0407. The molecular formula is C13H16O3. The fourth-order valence-electron chi connectivity index (χ4n) is 1.50. The predicted molar refractivity (Wildman–Crippen MR) is 61.2 cm³/mol. The lowest BCUT2D eigenvalue weighted by Crippen LogP contribution is -2.02. The van der Waals surface area contributed by atoms with Gasteiger partial charge in [-0.1, -0.05) is 0 Å². The lowest BCUT2D eigenvalue weighted by Gasteiger charge is -2.11. The van der Waals surface area contributed by atoms with Crippen LogP contribution in [-0.4, -0.2) is 19.5 Å². The van der Waals surface area contributed by atoms with Gasteiger partial charge in [0, 0.05) is 5.56 Å². The highest BCUT2D eigenvalue weighted by Gasteiger charge is 2.22. The summed E-state index contributed by atoms with van der Waals surface area (Å²) < 4.78 is 10.9. The first-order chi connectivity index (χ1) is 7.70. The van der Waals surface area contributed by atoms with E-state index in [1.165, 1.54) is 12.8 Å². The third kappa shape index (κ3) is 2.54. The molecule has 16 heavy (non-hydrogen) atoms. The Hall–Kier alpha value is -1.51. The average molecular weight is 220 g/mol. The van der Waals surface area contributed by atoms with Crippen LogP contribution in [0.4, 0.5) is 0 Å². The van der Waals surface area contributed by atoms with E-state index in [1.54, 1.807) is 32.2 Å². The zero-order chi connectivity index (χ0) is 11.5. The van der Waals surface area contributed by atoms with E-state index in [4.69, 9.17) is 9.47 Å². The number of hydrogen-bond acceptors (Lipinski definition) is 3. The minimum absolute atomic E-state index is 0.0407. The van der Waals surface area contributed by atoms with Crippen molar-refractivity contribution >= 4 is 5.78 Å². The van der Waals surface area contributed by atoms with E-state index in [9.17, 15) is 4.79 Å². The van der Waals surface area contributed by atoms with Crippen LogP contribution in [-0.2, 0) is 0 Å². The minimum Gasteiger partial charge on any atom is -0.493 e. The lowest BCUT2D eigenvalue weighted by atomic mass is 10.1. The van der Waals surface area contributed by atoms with E-state index in [-0.39, 0.29) is 5.78 Å². The van der Waals surface area contributed by atoms with Crippen molar-refractivity contribution in [3.63, 3.8) is 0 Å². The molecule has 0 saturated heterocycles. The molecule has 86 valence electrons. The van der Waals surface area contributed by atoms with Crippen LogP contribution < -0.4 is 9.47 Å². The van der Waals surface area contributed by atoms with Crippen LogP contribution in [0.2, 0.25) is 0 Å². The van der Waals surface area contributed by atoms with Gasteiger partial charge in [-0.2, -0.15) is 0 Å². The molecule has 0 aliphatic heterocycles. The van der Waals surface area contributed by atoms with Gasteiger partial charge >= 0.3 is 0 Å². The Labute approximate surface area is 95.4 Å². The summed E-state index contributed by atoms with van der Waals surface area (Å²) in [4.78, 5) is 11.3. The average Bonchev–Trinajstić information content (AvgIpc) is 3.09. The predicted octanol–water partition coefficient (Wildman–Crippen LogP) is 2.69. The Morgan fingerprint density at radius 1 is 1.38 bits per heavy atom. The molecule has 0 heterocycles. The van der Waals surface area contributed by atoms with Gasteiger partial charge in [0.25, 0.3) is 0 Å². The number of carbonyl (C=O) groups excluding carboxylic acids is 1. The van der Waals surface area contributed by atoms with Crippen molar-refractivity contribution in [2.24, 2.45) is 5.92 Å². The van der Waals surface area contributed by atoms with E-state index in [0.29, 0.717) is 23.0 Å². The van der Waals surface area contributed by atoms with Gasteiger partial charge < -0.3 is 9.47 Å². The standard InChI is InChI=1S/C13H16O3/c1-9(14)11-5-6-12(15-2)13(7-11)16-8-10-3-4-10/h5-7,10H,3-4,8H2,1-2H3. The Morgan fingerprint density at radius 2 is 2.12 bits per heavy atom. The maximum atomic E-state index is 11.3. The van der Waals surface area contributed by atoms with Gasteiger partial charge in [-0.15, -0.1) is 0 Å². The number of ether oxygens (including phenoxy) is 2. The summed E-state index contributed by atoms with van der Waals surface area (Å²) in [7, 11) is 1.60. The molecule has 1 aromatic carbocycles. The summed E-state index contributed by atoms with van der Waals surface area (Å²) >= 11 is 0. The zero-order valence-corrected chi connectivity index (χ0v) is 9.66. The molecule has 0 aromatic heterocycles. The molecule has 0 radical (unpaired) electrons. The molecule has 1 fully saturated rings. The summed E-state index contributed by atoms with van der Waals surface area (Å²) in [5.74, 6) is 2.08. The zero-order valence-electron chi connectivity index (χ0n) is 9.66. The molecule has 0 atom stereocenters. The maximum absolute atomic E-state index is 11.3. The normalized spacial score (nSPS) is 14.6. The van der Waals surface area contributed by atoms with Crippen LogP contribution in [0.15, 0.2) is 18.2 Å². The van der Waals surface area contributed by atoms with Crippen molar-refractivity contribution in [2.45, 2.75) is 19.8 Å². The molecule has 0 N–H and O–H groups in total. The van der Waals surface area contributed by atoms with Gasteiger partial charge in [0.15, 0.2) is 17.3 Å². The van der Waals surface area contributed by atoms with Crippen molar-refractivity contribution in [3.8, 4) is 11.5 Å².